The summed E-state index contributed by atoms with van der Waals surface area (Å²) < 4.78 is 24.7. The highest BCUT2D eigenvalue weighted by atomic mass is 32.2. The van der Waals surface area contributed by atoms with Gasteiger partial charge in [-0.25, -0.2) is 13.2 Å². The van der Waals surface area contributed by atoms with Gasteiger partial charge in [-0.2, -0.15) is 0 Å². The van der Waals surface area contributed by atoms with Gasteiger partial charge in [0.2, 0.25) is 10.0 Å². The molecular formula is C16H18N4O5S. The zero-order valence-electron chi connectivity index (χ0n) is 14.1. The van der Waals surface area contributed by atoms with Gasteiger partial charge in [0.25, 0.3) is 5.69 Å². The van der Waals surface area contributed by atoms with Crippen molar-refractivity contribution >= 4 is 33.1 Å². The largest absolute Gasteiger partial charge is 0.331 e. The SMILES string of the molecule is CC(NC(=O)Nc1ccccc1[N+](=O)[O-])c1ccc(NS(C)(=O)=O)cc1. The average molecular weight is 378 g/mol. The van der Waals surface area contributed by atoms with E-state index in [4.69, 9.17) is 0 Å². The Morgan fingerprint density at radius 1 is 1.12 bits per heavy atom. The minimum atomic E-state index is -3.36. The van der Waals surface area contributed by atoms with Crippen LogP contribution in [0.3, 0.4) is 0 Å². The number of nitro benzene ring substituents is 1. The monoisotopic (exact) mass is 378 g/mol. The van der Waals surface area contributed by atoms with Gasteiger partial charge in [0.1, 0.15) is 5.69 Å². The first-order valence-electron chi connectivity index (χ1n) is 7.54. The van der Waals surface area contributed by atoms with Crippen molar-refractivity contribution in [3.05, 3.63) is 64.2 Å². The topological polar surface area (TPSA) is 130 Å². The summed E-state index contributed by atoms with van der Waals surface area (Å²) in [6.45, 7) is 1.73. The lowest BCUT2D eigenvalue weighted by atomic mass is 10.1. The predicted molar refractivity (Wildman–Crippen MR) is 98.6 cm³/mol. The molecule has 0 aliphatic heterocycles. The van der Waals surface area contributed by atoms with Gasteiger partial charge in [0.15, 0.2) is 0 Å². The minimum absolute atomic E-state index is 0.0925. The standard InChI is InChI=1S/C16H18N4O5S/c1-11(12-7-9-13(10-8-12)19-26(2,24)25)17-16(21)18-14-5-3-4-6-15(14)20(22)23/h3-11,19H,1-2H3,(H2,17,18,21). The lowest BCUT2D eigenvalue weighted by Crippen LogP contribution is -2.31. The number of nitrogens with zero attached hydrogens (tertiary/aromatic N) is 1. The first kappa shape index (κ1) is 19.2. The molecule has 0 aliphatic carbocycles. The summed E-state index contributed by atoms with van der Waals surface area (Å²) >= 11 is 0. The molecule has 0 aliphatic rings. The van der Waals surface area contributed by atoms with Crippen molar-refractivity contribution in [2.45, 2.75) is 13.0 Å². The summed E-state index contributed by atoms with van der Waals surface area (Å²) in [6, 6.07) is 11.3. The molecule has 2 rings (SSSR count). The van der Waals surface area contributed by atoms with E-state index in [9.17, 15) is 23.3 Å². The third-order valence-electron chi connectivity index (χ3n) is 3.41. The van der Waals surface area contributed by atoms with Crippen LogP contribution >= 0.6 is 0 Å². The zero-order valence-corrected chi connectivity index (χ0v) is 14.9. The van der Waals surface area contributed by atoms with Crippen molar-refractivity contribution in [2.24, 2.45) is 0 Å². The number of hydrogen-bond acceptors (Lipinski definition) is 5. The number of anilines is 2. The molecule has 0 spiro atoms. The van der Waals surface area contributed by atoms with Gasteiger partial charge >= 0.3 is 6.03 Å². The van der Waals surface area contributed by atoms with E-state index in [0.717, 1.165) is 11.8 Å². The molecule has 3 N–H and O–H groups in total. The summed E-state index contributed by atoms with van der Waals surface area (Å²) in [5.41, 5.74) is 1.04. The van der Waals surface area contributed by atoms with Gasteiger partial charge in [0, 0.05) is 11.8 Å². The Balaban J connectivity index is 2.02. The number of carbonyl (C=O) groups is 1. The molecule has 0 saturated heterocycles. The molecule has 138 valence electrons. The van der Waals surface area contributed by atoms with Crippen LogP contribution in [0.15, 0.2) is 48.5 Å². The summed E-state index contributed by atoms with van der Waals surface area (Å²) in [6.07, 6.45) is 1.05. The first-order valence-corrected chi connectivity index (χ1v) is 9.43. The molecule has 2 aromatic rings. The number of hydrogen-bond donors (Lipinski definition) is 3. The molecule has 0 radical (unpaired) electrons. The van der Waals surface area contributed by atoms with Gasteiger partial charge in [-0.3, -0.25) is 14.8 Å². The lowest BCUT2D eigenvalue weighted by molar-refractivity contribution is -0.383. The smallest absolute Gasteiger partial charge is 0.319 e. The van der Waals surface area contributed by atoms with Crippen LogP contribution in [0, 0.1) is 10.1 Å². The highest BCUT2D eigenvalue weighted by Gasteiger charge is 2.16. The van der Waals surface area contributed by atoms with Crippen molar-refractivity contribution in [1.29, 1.82) is 0 Å². The lowest BCUT2D eigenvalue weighted by Gasteiger charge is -2.15. The fourth-order valence-corrected chi connectivity index (χ4v) is 2.80. The van der Waals surface area contributed by atoms with Crippen LogP contribution in [0.2, 0.25) is 0 Å². The molecular weight excluding hydrogens is 360 g/mol. The van der Waals surface area contributed by atoms with Crippen LogP contribution < -0.4 is 15.4 Å². The Morgan fingerprint density at radius 3 is 2.31 bits per heavy atom. The maximum absolute atomic E-state index is 12.1. The molecule has 0 heterocycles. The summed E-state index contributed by atoms with van der Waals surface area (Å²) in [7, 11) is -3.36. The Morgan fingerprint density at radius 2 is 1.73 bits per heavy atom. The van der Waals surface area contributed by atoms with Gasteiger partial charge in [-0.05, 0) is 30.7 Å². The Bertz CT molecular complexity index is 912. The highest BCUT2D eigenvalue weighted by molar-refractivity contribution is 7.92. The van der Waals surface area contributed by atoms with E-state index in [1.54, 1.807) is 37.3 Å². The molecule has 2 aromatic carbocycles. The minimum Gasteiger partial charge on any atom is -0.331 e. The second kappa shape index (κ2) is 7.83. The molecule has 2 amide bonds. The predicted octanol–water partition coefficient (Wildman–Crippen LogP) is 2.85. The first-order chi connectivity index (χ1) is 12.2. The maximum Gasteiger partial charge on any atom is 0.319 e. The van der Waals surface area contributed by atoms with Crippen molar-refractivity contribution in [2.75, 3.05) is 16.3 Å². The quantitative estimate of drug-likeness (QED) is 0.525. The molecule has 9 nitrogen and oxygen atoms in total. The second-order valence-corrected chi connectivity index (χ2v) is 7.34. The average Bonchev–Trinajstić information content (AvgIpc) is 2.54. The third-order valence-corrected chi connectivity index (χ3v) is 4.02. The molecule has 10 heteroatoms. The number of rotatable bonds is 6. The number of para-hydroxylation sites is 2. The Labute approximate surface area is 150 Å². The molecule has 26 heavy (non-hydrogen) atoms. The van der Waals surface area contributed by atoms with Crippen LogP contribution in [0.1, 0.15) is 18.5 Å². The van der Waals surface area contributed by atoms with Crippen LogP contribution in [-0.2, 0) is 10.0 Å². The fourth-order valence-electron chi connectivity index (χ4n) is 2.23. The van der Waals surface area contributed by atoms with Gasteiger partial charge in [0.05, 0.1) is 17.2 Å². The van der Waals surface area contributed by atoms with Crippen LogP contribution in [0.4, 0.5) is 21.9 Å². The number of amides is 2. The van der Waals surface area contributed by atoms with Gasteiger partial charge in [-0.1, -0.05) is 24.3 Å². The number of nitrogens with one attached hydrogen (secondary N) is 3. The normalized spacial score (nSPS) is 12.1. The number of urea groups is 1. The number of sulfonamides is 1. The van der Waals surface area contributed by atoms with E-state index in [2.05, 4.69) is 15.4 Å². The van der Waals surface area contributed by atoms with E-state index in [1.807, 2.05) is 0 Å². The zero-order chi connectivity index (χ0) is 19.3. The second-order valence-electron chi connectivity index (χ2n) is 5.59. The highest BCUT2D eigenvalue weighted by Crippen LogP contribution is 2.23. The summed E-state index contributed by atoms with van der Waals surface area (Å²) in [5, 5.41) is 16.1. The van der Waals surface area contributed by atoms with Crippen molar-refractivity contribution in [1.82, 2.24) is 5.32 Å². The number of benzene rings is 2. The summed E-state index contributed by atoms with van der Waals surface area (Å²) in [5.74, 6) is 0. The van der Waals surface area contributed by atoms with Crippen LogP contribution in [-0.4, -0.2) is 25.6 Å². The van der Waals surface area contributed by atoms with E-state index in [-0.39, 0.29) is 11.4 Å². The van der Waals surface area contributed by atoms with E-state index in [1.165, 1.54) is 18.2 Å². The Kier molecular flexibility index (Phi) is 5.78. The molecule has 0 aromatic heterocycles. The van der Waals surface area contributed by atoms with Gasteiger partial charge in [-0.15, -0.1) is 0 Å². The van der Waals surface area contributed by atoms with Gasteiger partial charge < -0.3 is 10.6 Å². The molecule has 0 fully saturated rings. The Hall–Kier alpha value is -3.14. The molecule has 0 saturated carbocycles. The van der Waals surface area contributed by atoms with Crippen LogP contribution in [0.25, 0.3) is 0 Å². The number of carbonyl (C=O) groups excluding carboxylic acids is 1. The van der Waals surface area contributed by atoms with Crippen molar-refractivity contribution in [3.63, 3.8) is 0 Å². The van der Waals surface area contributed by atoms with E-state index < -0.39 is 27.0 Å². The molecule has 0 bridgehead atoms. The summed E-state index contributed by atoms with van der Waals surface area (Å²) in [4.78, 5) is 22.5. The van der Waals surface area contributed by atoms with Crippen molar-refractivity contribution < 1.29 is 18.1 Å². The van der Waals surface area contributed by atoms with E-state index >= 15 is 0 Å². The maximum atomic E-state index is 12.1. The number of nitro groups is 1. The van der Waals surface area contributed by atoms with Crippen molar-refractivity contribution in [3.8, 4) is 0 Å². The molecule has 1 unspecified atom stereocenters. The third kappa shape index (κ3) is 5.45. The molecule has 1 atom stereocenters. The van der Waals surface area contributed by atoms with E-state index in [0.29, 0.717) is 5.69 Å². The fraction of sp³-hybridized carbons (Fsp3) is 0.188. The van der Waals surface area contributed by atoms with Crippen LogP contribution in [0.5, 0.6) is 0 Å².